The Morgan fingerprint density at radius 1 is 1.24 bits per heavy atom. The van der Waals surface area contributed by atoms with Crippen LogP contribution in [0.3, 0.4) is 0 Å². The van der Waals surface area contributed by atoms with Crippen molar-refractivity contribution in [3.8, 4) is 0 Å². The number of para-hydroxylation sites is 1. The number of hydrogen-bond donors (Lipinski definition) is 2. The number of anilines is 1. The highest BCUT2D eigenvalue weighted by Crippen LogP contribution is 2.30. The Kier molecular flexibility index (Phi) is 6.81. The first-order chi connectivity index (χ1) is 11.7. The summed E-state index contributed by atoms with van der Waals surface area (Å²) < 4.78 is 5.33. The van der Waals surface area contributed by atoms with Gasteiger partial charge in [0.15, 0.2) is 0 Å². The second kappa shape index (κ2) is 8.65. The number of nitrogens with two attached hydrogens (primary N) is 1. The molecule has 138 valence electrons. The molecule has 0 atom stereocenters. The van der Waals surface area contributed by atoms with Crippen molar-refractivity contribution in [2.45, 2.75) is 25.7 Å². The molecular weight excluding hydrogens is 342 g/mol. The van der Waals surface area contributed by atoms with E-state index < -0.39 is 5.41 Å². The Hall–Kier alpha value is -1.63. The Balaban J connectivity index is 0.00000225. The molecule has 1 saturated heterocycles. The van der Waals surface area contributed by atoms with Gasteiger partial charge in [0.2, 0.25) is 11.8 Å². The van der Waals surface area contributed by atoms with E-state index in [1.165, 1.54) is 5.56 Å². The van der Waals surface area contributed by atoms with Crippen molar-refractivity contribution in [3.05, 3.63) is 29.8 Å². The number of nitrogens with one attached hydrogen (secondary N) is 1. The van der Waals surface area contributed by atoms with E-state index in [0.29, 0.717) is 32.6 Å². The van der Waals surface area contributed by atoms with E-state index >= 15 is 0 Å². The van der Waals surface area contributed by atoms with Crippen molar-refractivity contribution in [2.75, 3.05) is 37.7 Å². The van der Waals surface area contributed by atoms with Crippen LogP contribution < -0.4 is 16.0 Å². The summed E-state index contributed by atoms with van der Waals surface area (Å²) in [5.74, 6) is -0.207. The zero-order valence-electron chi connectivity index (χ0n) is 14.3. The largest absolute Gasteiger partial charge is 0.381 e. The third-order valence-corrected chi connectivity index (χ3v) is 5.13. The van der Waals surface area contributed by atoms with Gasteiger partial charge in [-0.25, -0.2) is 0 Å². The fourth-order valence-corrected chi connectivity index (χ4v) is 3.52. The number of halogens is 1. The molecule has 0 spiro atoms. The number of fused-ring (bicyclic) bond motifs is 1. The molecule has 2 amide bonds. The van der Waals surface area contributed by atoms with Crippen LogP contribution in [0.1, 0.15) is 24.8 Å². The van der Waals surface area contributed by atoms with Gasteiger partial charge < -0.3 is 20.7 Å². The molecule has 2 aliphatic rings. The molecule has 0 aromatic heterocycles. The second-order valence-corrected chi connectivity index (χ2v) is 6.56. The lowest BCUT2D eigenvalue weighted by Crippen LogP contribution is -2.51. The molecule has 0 radical (unpaired) electrons. The molecule has 2 aliphatic heterocycles. The van der Waals surface area contributed by atoms with Gasteiger partial charge in [0.25, 0.3) is 0 Å². The molecule has 1 fully saturated rings. The fraction of sp³-hybridized carbons (Fsp3) is 0.556. The molecule has 0 unspecified atom stereocenters. The number of carbonyl (C=O) groups is 2. The molecule has 25 heavy (non-hydrogen) atoms. The normalized spacial score (nSPS) is 18.7. The number of aryl methyl sites for hydroxylation is 1. The fourth-order valence-electron chi connectivity index (χ4n) is 3.52. The predicted molar refractivity (Wildman–Crippen MR) is 98.9 cm³/mol. The Morgan fingerprint density at radius 3 is 2.68 bits per heavy atom. The number of nitrogens with zero attached hydrogens (tertiary/aromatic N) is 1. The van der Waals surface area contributed by atoms with Crippen LogP contribution >= 0.6 is 12.4 Å². The monoisotopic (exact) mass is 367 g/mol. The minimum absolute atomic E-state index is 0. The molecule has 0 aliphatic carbocycles. The molecule has 2 heterocycles. The lowest BCUT2D eigenvalue weighted by molar-refractivity contribution is -0.137. The summed E-state index contributed by atoms with van der Waals surface area (Å²) in [6.45, 7) is 2.07. The minimum atomic E-state index is -0.599. The van der Waals surface area contributed by atoms with Crippen LogP contribution in [0.2, 0.25) is 0 Å². The van der Waals surface area contributed by atoms with E-state index in [1.807, 2.05) is 18.2 Å². The average molecular weight is 368 g/mol. The highest BCUT2D eigenvalue weighted by molar-refractivity contribution is 5.98. The van der Waals surface area contributed by atoms with E-state index in [1.54, 1.807) is 4.90 Å². The molecule has 1 aromatic carbocycles. The van der Waals surface area contributed by atoms with Crippen LogP contribution in [0.25, 0.3) is 0 Å². The minimum Gasteiger partial charge on any atom is -0.381 e. The van der Waals surface area contributed by atoms with Crippen molar-refractivity contribution in [1.82, 2.24) is 5.32 Å². The maximum absolute atomic E-state index is 12.6. The zero-order valence-corrected chi connectivity index (χ0v) is 15.1. The maximum atomic E-state index is 12.6. The number of hydrogen-bond acceptors (Lipinski definition) is 4. The molecular formula is C18H26ClN3O3. The second-order valence-electron chi connectivity index (χ2n) is 6.56. The number of amides is 2. The highest BCUT2D eigenvalue weighted by Gasteiger charge is 2.39. The molecule has 7 heteroatoms. The van der Waals surface area contributed by atoms with Gasteiger partial charge in [-0.2, -0.15) is 0 Å². The van der Waals surface area contributed by atoms with Crippen molar-refractivity contribution in [3.63, 3.8) is 0 Å². The number of rotatable bonds is 4. The van der Waals surface area contributed by atoms with Crippen LogP contribution in [0, 0.1) is 5.41 Å². The van der Waals surface area contributed by atoms with Gasteiger partial charge in [0.1, 0.15) is 0 Å². The standard InChI is InChI=1S/C18H25N3O3.ClH/c19-13-18(7-10-24-11-8-18)17(23)20-12-16(22)21-9-3-5-14-4-1-2-6-15(14)21;/h1-2,4,6H,3,5,7-13,19H2,(H,20,23);1H. The summed E-state index contributed by atoms with van der Waals surface area (Å²) in [7, 11) is 0. The third-order valence-electron chi connectivity index (χ3n) is 5.13. The molecule has 6 nitrogen and oxygen atoms in total. The predicted octanol–water partition coefficient (Wildman–Crippen LogP) is 1.26. The first-order valence-corrected chi connectivity index (χ1v) is 8.61. The van der Waals surface area contributed by atoms with Gasteiger partial charge in [0, 0.05) is 32.0 Å². The van der Waals surface area contributed by atoms with Gasteiger partial charge in [-0.1, -0.05) is 18.2 Å². The van der Waals surface area contributed by atoms with Crippen LogP contribution in [-0.2, 0) is 20.7 Å². The number of ether oxygens (including phenoxy) is 1. The van der Waals surface area contributed by atoms with Gasteiger partial charge >= 0.3 is 0 Å². The topological polar surface area (TPSA) is 84.7 Å². The molecule has 0 saturated carbocycles. The van der Waals surface area contributed by atoms with Crippen molar-refractivity contribution in [2.24, 2.45) is 11.1 Å². The first kappa shape index (κ1) is 19.7. The molecule has 3 rings (SSSR count). The molecule has 1 aromatic rings. The van der Waals surface area contributed by atoms with Gasteiger partial charge in [0.05, 0.1) is 12.0 Å². The zero-order chi connectivity index (χ0) is 17.0. The number of benzene rings is 1. The first-order valence-electron chi connectivity index (χ1n) is 8.61. The SMILES string of the molecule is Cl.NCC1(C(=O)NCC(=O)N2CCCc3ccccc32)CCOCC1. The Labute approximate surface area is 154 Å². The van der Waals surface area contributed by atoms with Gasteiger partial charge in [-0.3, -0.25) is 9.59 Å². The Morgan fingerprint density at radius 2 is 1.96 bits per heavy atom. The summed E-state index contributed by atoms with van der Waals surface area (Å²) in [5.41, 5.74) is 7.39. The summed E-state index contributed by atoms with van der Waals surface area (Å²) in [4.78, 5) is 26.9. The van der Waals surface area contributed by atoms with E-state index in [9.17, 15) is 9.59 Å². The van der Waals surface area contributed by atoms with Crippen molar-refractivity contribution in [1.29, 1.82) is 0 Å². The van der Waals surface area contributed by atoms with Crippen LogP contribution in [0.15, 0.2) is 24.3 Å². The molecule has 3 N–H and O–H groups in total. The van der Waals surface area contributed by atoms with E-state index in [0.717, 1.165) is 18.5 Å². The number of carbonyl (C=O) groups excluding carboxylic acids is 2. The quantitative estimate of drug-likeness (QED) is 0.839. The van der Waals surface area contributed by atoms with Crippen LogP contribution in [0.4, 0.5) is 5.69 Å². The van der Waals surface area contributed by atoms with E-state index in [-0.39, 0.29) is 37.3 Å². The average Bonchev–Trinajstić information content (AvgIpc) is 2.65. The van der Waals surface area contributed by atoms with E-state index in [4.69, 9.17) is 10.5 Å². The van der Waals surface area contributed by atoms with Gasteiger partial charge in [-0.15, -0.1) is 12.4 Å². The van der Waals surface area contributed by atoms with Crippen LogP contribution in [0.5, 0.6) is 0 Å². The van der Waals surface area contributed by atoms with Gasteiger partial charge in [-0.05, 0) is 37.3 Å². The maximum Gasteiger partial charge on any atom is 0.246 e. The molecule has 0 bridgehead atoms. The van der Waals surface area contributed by atoms with Crippen molar-refractivity contribution < 1.29 is 14.3 Å². The summed E-state index contributed by atoms with van der Waals surface area (Å²) in [6, 6.07) is 7.95. The summed E-state index contributed by atoms with van der Waals surface area (Å²) in [6.07, 6.45) is 3.15. The highest BCUT2D eigenvalue weighted by atomic mass is 35.5. The van der Waals surface area contributed by atoms with E-state index in [2.05, 4.69) is 11.4 Å². The third kappa shape index (κ3) is 4.14. The summed E-state index contributed by atoms with van der Waals surface area (Å²) >= 11 is 0. The summed E-state index contributed by atoms with van der Waals surface area (Å²) in [5, 5.41) is 2.81. The smallest absolute Gasteiger partial charge is 0.246 e. The van der Waals surface area contributed by atoms with Crippen LogP contribution in [-0.4, -0.2) is 44.7 Å². The van der Waals surface area contributed by atoms with Crippen molar-refractivity contribution >= 4 is 29.9 Å². The lowest BCUT2D eigenvalue weighted by Gasteiger charge is -2.35. The lowest BCUT2D eigenvalue weighted by atomic mass is 9.79. The Bertz CT molecular complexity index is 617.